The lowest BCUT2D eigenvalue weighted by atomic mass is 10.2. The summed E-state index contributed by atoms with van der Waals surface area (Å²) in [6.07, 6.45) is 1.46. The Morgan fingerprint density at radius 2 is 2.16 bits per heavy atom. The SMILES string of the molecule is CCOC(=O)N1CCN(c2ncccc2CO)CC1. The van der Waals surface area contributed by atoms with Gasteiger partial charge in [-0.15, -0.1) is 0 Å². The Labute approximate surface area is 112 Å². The Balaban J connectivity index is 1.98. The van der Waals surface area contributed by atoms with Gasteiger partial charge in [0.1, 0.15) is 5.82 Å². The highest BCUT2D eigenvalue weighted by molar-refractivity contribution is 5.68. The molecule has 0 aromatic carbocycles. The average molecular weight is 265 g/mol. The van der Waals surface area contributed by atoms with E-state index in [0.29, 0.717) is 32.8 Å². The van der Waals surface area contributed by atoms with Gasteiger partial charge in [-0.1, -0.05) is 6.07 Å². The quantitative estimate of drug-likeness (QED) is 0.877. The third kappa shape index (κ3) is 3.14. The van der Waals surface area contributed by atoms with Gasteiger partial charge in [0.2, 0.25) is 0 Å². The highest BCUT2D eigenvalue weighted by Crippen LogP contribution is 2.19. The second-order valence-electron chi connectivity index (χ2n) is 4.32. The Morgan fingerprint density at radius 3 is 2.79 bits per heavy atom. The van der Waals surface area contributed by atoms with Gasteiger partial charge in [0.25, 0.3) is 0 Å². The van der Waals surface area contributed by atoms with Crippen molar-refractivity contribution < 1.29 is 14.6 Å². The van der Waals surface area contributed by atoms with E-state index in [1.807, 2.05) is 12.1 Å². The molecular formula is C13H19N3O3. The number of carbonyl (C=O) groups excluding carboxylic acids is 1. The summed E-state index contributed by atoms with van der Waals surface area (Å²) in [5, 5.41) is 9.31. The zero-order valence-corrected chi connectivity index (χ0v) is 11.1. The molecule has 1 amide bonds. The van der Waals surface area contributed by atoms with Crippen molar-refractivity contribution in [3.05, 3.63) is 23.9 Å². The van der Waals surface area contributed by atoms with E-state index in [1.165, 1.54) is 0 Å². The van der Waals surface area contributed by atoms with E-state index < -0.39 is 0 Å². The van der Waals surface area contributed by atoms with Crippen LogP contribution in [0.1, 0.15) is 12.5 Å². The first-order valence-electron chi connectivity index (χ1n) is 6.47. The van der Waals surface area contributed by atoms with E-state index in [-0.39, 0.29) is 12.7 Å². The van der Waals surface area contributed by atoms with Gasteiger partial charge in [-0.05, 0) is 13.0 Å². The summed E-state index contributed by atoms with van der Waals surface area (Å²) in [5.74, 6) is 0.800. The summed E-state index contributed by atoms with van der Waals surface area (Å²) in [7, 11) is 0. The second kappa shape index (κ2) is 6.38. The molecule has 0 atom stereocenters. The fourth-order valence-corrected chi connectivity index (χ4v) is 2.15. The second-order valence-corrected chi connectivity index (χ2v) is 4.32. The Hall–Kier alpha value is -1.82. The molecule has 0 saturated carbocycles. The third-order valence-corrected chi connectivity index (χ3v) is 3.14. The number of pyridine rings is 1. The minimum absolute atomic E-state index is 0.0265. The highest BCUT2D eigenvalue weighted by atomic mass is 16.6. The van der Waals surface area contributed by atoms with Crippen LogP contribution in [0.3, 0.4) is 0 Å². The van der Waals surface area contributed by atoms with Crippen molar-refractivity contribution in [3.8, 4) is 0 Å². The lowest BCUT2D eigenvalue weighted by molar-refractivity contribution is 0.105. The number of aromatic nitrogens is 1. The van der Waals surface area contributed by atoms with Crippen molar-refractivity contribution in [3.63, 3.8) is 0 Å². The van der Waals surface area contributed by atoms with E-state index in [2.05, 4.69) is 9.88 Å². The summed E-state index contributed by atoms with van der Waals surface area (Å²) < 4.78 is 4.98. The molecule has 104 valence electrons. The van der Waals surface area contributed by atoms with Gasteiger partial charge in [0.05, 0.1) is 13.2 Å². The molecule has 1 aliphatic rings. The van der Waals surface area contributed by atoms with Crippen LogP contribution in [0.4, 0.5) is 10.6 Å². The van der Waals surface area contributed by atoms with Crippen LogP contribution in [0.15, 0.2) is 18.3 Å². The number of aliphatic hydroxyl groups is 1. The molecule has 0 unspecified atom stereocenters. The largest absolute Gasteiger partial charge is 0.450 e. The molecule has 1 aromatic heterocycles. The van der Waals surface area contributed by atoms with Crippen molar-refractivity contribution >= 4 is 11.9 Å². The van der Waals surface area contributed by atoms with Crippen molar-refractivity contribution in [2.24, 2.45) is 0 Å². The summed E-state index contributed by atoms with van der Waals surface area (Å²) in [6, 6.07) is 3.67. The standard InChI is InChI=1S/C13H19N3O3/c1-2-19-13(18)16-8-6-15(7-9-16)12-11(10-17)4-3-5-14-12/h3-5,17H,2,6-10H2,1H3. The lowest BCUT2D eigenvalue weighted by Crippen LogP contribution is -2.49. The van der Waals surface area contributed by atoms with E-state index >= 15 is 0 Å². The molecule has 1 saturated heterocycles. The zero-order valence-electron chi connectivity index (χ0n) is 11.1. The number of ether oxygens (including phenoxy) is 1. The van der Waals surface area contributed by atoms with Crippen molar-refractivity contribution in [1.29, 1.82) is 0 Å². The summed E-state index contributed by atoms with van der Waals surface area (Å²) >= 11 is 0. The van der Waals surface area contributed by atoms with Crippen molar-refractivity contribution in [2.75, 3.05) is 37.7 Å². The van der Waals surface area contributed by atoms with Gasteiger partial charge in [-0.25, -0.2) is 9.78 Å². The Kier molecular flexibility index (Phi) is 4.57. The first kappa shape index (κ1) is 13.6. The van der Waals surface area contributed by atoms with E-state index in [0.717, 1.165) is 11.4 Å². The monoisotopic (exact) mass is 265 g/mol. The van der Waals surface area contributed by atoms with Crippen LogP contribution in [0.25, 0.3) is 0 Å². The van der Waals surface area contributed by atoms with E-state index in [9.17, 15) is 9.90 Å². The maximum Gasteiger partial charge on any atom is 0.409 e. The molecule has 0 aliphatic carbocycles. The normalized spacial score (nSPS) is 15.5. The average Bonchev–Trinajstić information content (AvgIpc) is 2.47. The van der Waals surface area contributed by atoms with Gasteiger partial charge in [0.15, 0.2) is 0 Å². The first-order chi connectivity index (χ1) is 9.26. The molecule has 1 aromatic rings. The zero-order chi connectivity index (χ0) is 13.7. The number of amides is 1. The molecule has 2 heterocycles. The van der Waals surface area contributed by atoms with Crippen LogP contribution >= 0.6 is 0 Å². The molecule has 1 fully saturated rings. The minimum atomic E-state index is -0.259. The number of rotatable bonds is 3. The van der Waals surface area contributed by atoms with E-state index in [4.69, 9.17) is 4.74 Å². The fraction of sp³-hybridized carbons (Fsp3) is 0.538. The predicted molar refractivity (Wildman–Crippen MR) is 71.0 cm³/mol. The summed E-state index contributed by atoms with van der Waals surface area (Å²) in [6.45, 7) is 4.79. The van der Waals surface area contributed by atoms with Gasteiger partial charge in [-0.2, -0.15) is 0 Å². The van der Waals surface area contributed by atoms with E-state index in [1.54, 1.807) is 18.0 Å². The number of hydrogen-bond acceptors (Lipinski definition) is 5. The number of carbonyl (C=O) groups is 1. The molecule has 6 nitrogen and oxygen atoms in total. The molecule has 2 rings (SSSR count). The Bertz CT molecular complexity index is 431. The fourth-order valence-electron chi connectivity index (χ4n) is 2.15. The van der Waals surface area contributed by atoms with Crippen LogP contribution in [-0.4, -0.2) is 53.9 Å². The summed E-state index contributed by atoms with van der Waals surface area (Å²) in [5.41, 5.74) is 0.812. The van der Waals surface area contributed by atoms with Crippen LogP contribution in [0.5, 0.6) is 0 Å². The molecule has 1 N–H and O–H groups in total. The number of piperazine rings is 1. The molecule has 0 radical (unpaired) electrons. The van der Waals surface area contributed by atoms with Gasteiger partial charge in [0, 0.05) is 37.9 Å². The van der Waals surface area contributed by atoms with Gasteiger partial charge in [-0.3, -0.25) is 0 Å². The molecule has 19 heavy (non-hydrogen) atoms. The first-order valence-corrected chi connectivity index (χ1v) is 6.47. The Morgan fingerprint density at radius 1 is 1.42 bits per heavy atom. The summed E-state index contributed by atoms with van der Waals surface area (Å²) in [4.78, 5) is 19.7. The number of nitrogens with zero attached hydrogens (tertiary/aromatic N) is 3. The topological polar surface area (TPSA) is 65.9 Å². The van der Waals surface area contributed by atoms with Crippen LogP contribution in [0, 0.1) is 0 Å². The van der Waals surface area contributed by atoms with Crippen LogP contribution in [-0.2, 0) is 11.3 Å². The van der Waals surface area contributed by atoms with Gasteiger partial charge < -0.3 is 19.6 Å². The minimum Gasteiger partial charge on any atom is -0.450 e. The van der Waals surface area contributed by atoms with Crippen LogP contribution < -0.4 is 4.90 Å². The van der Waals surface area contributed by atoms with Gasteiger partial charge >= 0.3 is 6.09 Å². The van der Waals surface area contributed by atoms with Crippen molar-refractivity contribution in [1.82, 2.24) is 9.88 Å². The molecular weight excluding hydrogens is 246 g/mol. The molecule has 0 spiro atoms. The number of anilines is 1. The maximum atomic E-state index is 11.6. The molecule has 1 aliphatic heterocycles. The molecule has 6 heteroatoms. The lowest BCUT2D eigenvalue weighted by Gasteiger charge is -2.35. The van der Waals surface area contributed by atoms with Crippen molar-refractivity contribution in [2.45, 2.75) is 13.5 Å². The molecule has 0 bridgehead atoms. The smallest absolute Gasteiger partial charge is 0.409 e. The predicted octanol–water partition coefficient (Wildman–Crippen LogP) is 0.852. The highest BCUT2D eigenvalue weighted by Gasteiger charge is 2.23. The third-order valence-electron chi connectivity index (χ3n) is 3.14. The van der Waals surface area contributed by atoms with Crippen LogP contribution in [0.2, 0.25) is 0 Å². The maximum absolute atomic E-state index is 11.6. The number of hydrogen-bond donors (Lipinski definition) is 1. The number of aliphatic hydroxyl groups excluding tert-OH is 1.